The molecule has 0 spiro atoms. The molecule has 10 heteroatoms. The van der Waals surface area contributed by atoms with Crippen LogP contribution in [0.25, 0.3) is 33.1 Å². The highest BCUT2D eigenvalue weighted by atomic mass is 35.5. The van der Waals surface area contributed by atoms with Gasteiger partial charge >= 0.3 is 0 Å². The second kappa shape index (κ2) is 9.89. The van der Waals surface area contributed by atoms with Crippen molar-refractivity contribution in [2.45, 2.75) is 55.9 Å². The Morgan fingerprint density at radius 2 is 1.93 bits per heavy atom. The van der Waals surface area contributed by atoms with Crippen molar-refractivity contribution in [3.05, 3.63) is 53.3 Å². The third kappa shape index (κ3) is 4.36. The summed E-state index contributed by atoms with van der Waals surface area (Å²) >= 11 is 6.57. The molecule has 4 aliphatic rings. The fourth-order valence-corrected chi connectivity index (χ4v) is 8.10. The molecule has 2 aromatic heterocycles. The minimum Gasteiger partial charge on any atom is -0.508 e. The van der Waals surface area contributed by atoms with Gasteiger partial charge in [0.25, 0.3) is 0 Å². The third-order valence-electron chi connectivity index (χ3n) is 9.68. The Morgan fingerprint density at radius 3 is 2.76 bits per heavy atom. The van der Waals surface area contributed by atoms with Gasteiger partial charge in [-0.15, -0.1) is 0 Å². The van der Waals surface area contributed by atoms with Gasteiger partial charge in [-0.2, -0.15) is 4.98 Å². The highest BCUT2D eigenvalue weighted by molar-refractivity contribution is 6.36. The fourth-order valence-electron chi connectivity index (χ4n) is 7.81. The molecule has 42 heavy (non-hydrogen) atoms. The Kier molecular flexibility index (Phi) is 6.21. The summed E-state index contributed by atoms with van der Waals surface area (Å²) in [6.07, 6.45) is 3.76. The highest BCUT2D eigenvalue weighted by Crippen LogP contribution is 2.42. The van der Waals surface area contributed by atoms with E-state index in [4.69, 9.17) is 26.3 Å². The molecule has 6 heterocycles. The summed E-state index contributed by atoms with van der Waals surface area (Å²) in [4.78, 5) is 14.0. The maximum Gasteiger partial charge on any atom is 0.217 e. The molecule has 8 rings (SSSR count). The first-order valence-electron chi connectivity index (χ1n) is 14.8. The third-order valence-corrected chi connectivity index (χ3v) is 10.00. The minimum absolute atomic E-state index is 0.00816. The molecule has 0 radical (unpaired) electrons. The Hall–Kier alpha value is -3.27. The van der Waals surface area contributed by atoms with Gasteiger partial charge in [-0.3, -0.25) is 4.90 Å². The van der Waals surface area contributed by atoms with Crippen molar-refractivity contribution in [1.29, 1.82) is 0 Å². The Bertz CT molecular complexity index is 1710. The van der Waals surface area contributed by atoms with Gasteiger partial charge < -0.3 is 20.1 Å². The van der Waals surface area contributed by atoms with E-state index in [2.05, 4.69) is 15.1 Å². The van der Waals surface area contributed by atoms with E-state index in [0.29, 0.717) is 69.9 Å². The van der Waals surface area contributed by atoms with Crippen molar-refractivity contribution in [2.24, 2.45) is 0 Å². The number of rotatable bonds is 5. The zero-order chi connectivity index (χ0) is 28.6. The molecule has 2 unspecified atom stereocenters. The molecule has 0 saturated carbocycles. The lowest BCUT2D eigenvalue weighted by Crippen LogP contribution is -2.51. The number of nitrogens with one attached hydrogen (secondary N) is 1. The lowest BCUT2D eigenvalue weighted by atomic mass is 9.95. The molecule has 7 nitrogen and oxygen atoms in total. The number of benzene rings is 2. The molecule has 4 atom stereocenters. The summed E-state index contributed by atoms with van der Waals surface area (Å²) in [7, 11) is 0. The maximum absolute atomic E-state index is 16.0. The second-order valence-corrected chi connectivity index (χ2v) is 12.8. The Labute approximate surface area is 247 Å². The number of fused-ring (bicyclic) bond motifs is 5. The number of halogens is 3. The van der Waals surface area contributed by atoms with Crippen molar-refractivity contribution in [3.63, 3.8) is 0 Å². The molecule has 2 bridgehead atoms. The van der Waals surface area contributed by atoms with Gasteiger partial charge in [0.15, 0.2) is 5.65 Å². The standard InChI is InChI=1S/C32H32ClF2N5O2/c33-25-4-1-3-18-9-22(41)10-24(29(18)25)30-26(35)11-23-27(39-15-20-5-6-21(16-39)36-20)12-28(37-31(23)38-30)42-17-32-7-2-8-40(32)14-19(34)13-32/h1,3-4,9-12,19-21,36,41H,2,5-8,13-17H2/t19-,20?,21?,32+/m1/s1. The smallest absolute Gasteiger partial charge is 0.217 e. The van der Waals surface area contributed by atoms with E-state index in [1.807, 2.05) is 12.1 Å². The normalized spacial score (nSPS) is 27.3. The summed E-state index contributed by atoms with van der Waals surface area (Å²) < 4.78 is 36.8. The largest absolute Gasteiger partial charge is 0.508 e. The molecular weight excluding hydrogens is 560 g/mol. The minimum atomic E-state index is -0.846. The molecular formula is C32H32ClF2N5O2. The second-order valence-electron chi connectivity index (χ2n) is 12.4. The summed E-state index contributed by atoms with van der Waals surface area (Å²) in [6, 6.07) is 12.6. The number of phenols is 1. The van der Waals surface area contributed by atoms with Crippen LogP contribution in [0, 0.1) is 5.82 Å². The molecule has 4 saturated heterocycles. The van der Waals surface area contributed by atoms with Crippen molar-refractivity contribution in [3.8, 4) is 22.9 Å². The van der Waals surface area contributed by atoms with Gasteiger partial charge in [0.05, 0.1) is 11.2 Å². The first kappa shape index (κ1) is 26.4. The van der Waals surface area contributed by atoms with E-state index in [0.717, 1.165) is 51.0 Å². The van der Waals surface area contributed by atoms with Crippen molar-refractivity contribution in [1.82, 2.24) is 20.2 Å². The van der Waals surface area contributed by atoms with Crippen molar-refractivity contribution < 1.29 is 18.6 Å². The van der Waals surface area contributed by atoms with Gasteiger partial charge in [-0.05, 0) is 61.9 Å². The van der Waals surface area contributed by atoms with Crippen LogP contribution >= 0.6 is 11.6 Å². The Morgan fingerprint density at radius 1 is 1.10 bits per heavy atom. The summed E-state index contributed by atoms with van der Waals surface area (Å²) in [5.74, 6) is -0.133. The zero-order valence-electron chi connectivity index (χ0n) is 23.1. The lowest BCUT2D eigenvalue weighted by Gasteiger charge is -2.35. The van der Waals surface area contributed by atoms with E-state index >= 15 is 4.39 Å². The Balaban J connectivity index is 1.25. The lowest BCUT2D eigenvalue weighted by molar-refractivity contribution is 0.111. The van der Waals surface area contributed by atoms with E-state index < -0.39 is 12.0 Å². The highest BCUT2D eigenvalue weighted by Gasteiger charge is 2.49. The number of aromatic hydroxyl groups is 1. The van der Waals surface area contributed by atoms with Crippen LogP contribution in [-0.2, 0) is 0 Å². The summed E-state index contributed by atoms with van der Waals surface area (Å²) in [6.45, 7) is 3.28. The number of alkyl halides is 1. The number of aromatic nitrogens is 2. The SMILES string of the molecule is Oc1cc(-c2nc3nc(OC[C@@]45CCCN4C[C@H](F)C5)cc(N4CC5CCC(C4)N5)c3cc2F)c2c(Cl)cccc2c1. The number of anilines is 1. The molecule has 0 aliphatic carbocycles. The molecule has 2 aromatic carbocycles. The van der Waals surface area contributed by atoms with Gasteiger partial charge in [-0.25, -0.2) is 13.8 Å². The zero-order valence-corrected chi connectivity index (χ0v) is 23.9. The monoisotopic (exact) mass is 591 g/mol. The van der Waals surface area contributed by atoms with Gasteiger partial charge in [0.1, 0.15) is 30.0 Å². The quantitative estimate of drug-likeness (QED) is 0.302. The van der Waals surface area contributed by atoms with Crippen LogP contribution < -0.4 is 15.0 Å². The predicted molar refractivity (Wildman–Crippen MR) is 160 cm³/mol. The average molecular weight is 592 g/mol. The predicted octanol–water partition coefficient (Wildman–Crippen LogP) is 5.84. The van der Waals surface area contributed by atoms with E-state index in [1.165, 1.54) is 12.1 Å². The van der Waals surface area contributed by atoms with Crippen molar-refractivity contribution in [2.75, 3.05) is 37.7 Å². The van der Waals surface area contributed by atoms with Crippen LogP contribution in [0.5, 0.6) is 11.6 Å². The number of piperazine rings is 1. The van der Waals surface area contributed by atoms with Crippen LogP contribution in [-0.4, -0.2) is 76.6 Å². The number of nitrogens with zero attached hydrogens (tertiary/aromatic N) is 4. The van der Waals surface area contributed by atoms with Crippen LogP contribution in [0.3, 0.4) is 0 Å². The number of hydrogen-bond donors (Lipinski definition) is 2. The molecule has 4 aliphatic heterocycles. The van der Waals surface area contributed by atoms with Gasteiger partial charge in [-0.1, -0.05) is 23.7 Å². The number of hydrogen-bond acceptors (Lipinski definition) is 7. The topological polar surface area (TPSA) is 73.8 Å². The summed E-state index contributed by atoms with van der Waals surface area (Å²) in [5, 5.41) is 16.5. The number of pyridine rings is 2. The van der Waals surface area contributed by atoms with Crippen LogP contribution in [0.1, 0.15) is 32.1 Å². The van der Waals surface area contributed by atoms with E-state index in [9.17, 15) is 9.50 Å². The van der Waals surface area contributed by atoms with Crippen LogP contribution in [0.2, 0.25) is 5.02 Å². The molecule has 218 valence electrons. The number of phenolic OH excluding ortho intramolecular Hbond substituents is 1. The van der Waals surface area contributed by atoms with Gasteiger partial charge in [0, 0.05) is 65.6 Å². The van der Waals surface area contributed by atoms with Crippen LogP contribution in [0.4, 0.5) is 14.5 Å². The van der Waals surface area contributed by atoms with E-state index in [1.54, 1.807) is 18.2 Å². The van der Waals surface area contributed by atoms with E-state index in [-0.39, 0.29) is 17.0 Å². The first-order chi connectivity index (χ1) is 20.3. The van der Waals surface area contributed by atoms with Gasteiger partial charge in [0.2, 0.25) is 5.88 Å². The number of ether oxygens (including phenoxy) is 1. The van der Waals surface area contributed by atoms with Crippen LogP contribution in [0.15, 0.2) is 42.5 Å². The average Bonchev–Trinajstić information content (AvgIpc) is 3.61. The maximum atomic E-state index is 16.0. The fraction of sp³-hybridized carbons (Fsp3) is 0.438. The molecule has 2 N–H and O–H groups in total. The first-order valence-corrected chi connectivity index (χ1v) is 15.2. The molecule has 4 aromatic rings. The van der Waals surface area contributed by atoms with Crippen molar-refractivity contribution >= 4 is 39.1 Å². The summed E-state index contributed by atoms with van der Waals surface area (Å²) in [5.41, 5.74) is 1.32. The molecule has 4 fully saturated rings. The molecule has 0 amide bonds.